The van der Waals surface area contributed by atoms with Crippen molar-refractivity contribution in [2.24, 2.45) is 5.41 Å². The molecule has 0 radical (unpaired) electrons. The summed E-state index contributed by atoms with van der Waals surface area (Å²) in [5.74, 6) is 0.290. The molecule has 124 valence electrons. The highest BCUT2D eigenvalue weighted by Gasteiger charge is 2.60. The summed E-state index contributed by atoms with van der Waals surface area (Å²) >= 11 is 0. The summed E-state index contributed by atoms with van der Waals surface area (Å²) < 4.78 is 27.4. The van der Waals surface area contributed by atoms with E-state index in [1.165, 1.54) is 0 Å². The Morgan fingerprint density at radius 3 is 2.09 bits per heavy atom. The van der Waals surface area contributed by atoms with Crippen LogP contribution >= 0.6 is 0 Å². The van der Waals surface area contributed by atoms with Gasteiger partial charge in [0.2, 0.25) is 10.0 Å². The van der Waals surface area contributed by atoms with Crippen molar-refractivity contribution in [2.75, 3.05) is 5.75 Å². The Morgan fingerprint density at radius 1 is 1.09 bits per heavy atom. The summed E-state index contributed by atoms with van der Waals surface area (Å²) in [5, 5.41) is 0. The molecule has 1 unspecified atom stereocenters. The van der Waals surface area contributed by atoms with E-state index >= 15 is 0 Å². The minimum absolute atomic E-state index is 0.00725. The third-order valence-electron chi connectivity index (χ3n) is 4.22. The Labute approximate surface area is 136 Å². The number of nitrogens with zero attached hydrogens (tertiary/aromatic N) is 1. The third kappa shape index (κ3) is 4.00. The van der Waals surface area contributed by atoms with Gasteiger partial charge in [0.25, 0.3) is 0 Å². The largest absolute Gasteiger partial charge is 0.214 e. The number of rotatable bonds is 5. The van der Waals surface area contributed by atoms with Crippen LogP contribution in [-0.2, 0) is 10.0 Å². The van der Waals surface area contributed by atoms with E-state index in [1.807, 2.05) is 30.3 Å². The molecule has 5 heteroatoms. The number of hydrogen-bond acceptors (Lipinski definition) is 2. The molecule has 1 aliphatic rings. The quantitative estimate of drug-likeness (QED) is 0.597. The molecule has 2 rings (SSSR count). The van der Waals surface area contributed by atoms with Crippen LogP contribution in [0.2, 0.25) is 25.7 Å². The van der Waals surface area contributed by atoms with Gasteiger partial charge in [0.15, 0.2) is 0 Å². The molecule has 1 aliphatic heterocycles. The normalized spacial score (nSPS) is 26.0. The first-order valence-electron chi connectivity index (χ1n) is 8.00. The Kier molecular flexibility index (Phi) is 4.64. The molecule has 22 heavy (non-hydrogen) atoms. The van der Waals surface area contributed by atoms with Gasteiger partial charge in [-0.05, 0) is 17.0 Å². The SMILES string of the molecule is CC(C)(C)[C@@H]1[C@@H](c2ccccc2)N1S(=O)(=O)CC[Si](C)(C)C. The lowest BCUT2D eigenvalue weighted by molar-refractivity contribution is 0.369. The van der Waals surface area contributed by atoms with E-state index in [1.54, 1.807) is 4.31 Å². The molecule has 1 aromatic rings. The van der Waals surface area contributed by atoms with Crippen LogP contribution in [0.3, 0.4) is 0 Å². The van der Waals surface area contributed by atoms with Crippen LogP contribution in [0.5, 0.6) is 0 Å². The van der Waals surface area contributed by atoms with Gasteiger partial charge in [0.05, 0.1) is 17.8 Å². The lowest BCUT2D eigenvalue weighted by Crippen LogP contribution is -2.29. The summed E-state index contributed by atoms with van der Waals surface area (Å²) in [7, 11) is -4.54. The molecule has 0 bridgehead atoms. The minimum atomic E-state index is -3.18. The monoisotopic (exact) mass is 339 g/mol. The van der Waals surface area contributed by atoms with Crippen molar-refractivity contribution in [1.82, 2.24) is 4.31 Å². The summed E-state index contributed by atoms with van der Waals surface area (Å²) in [5.41, 5.74) is 1.06. The van der Waals surface area contributed by atoms with E-state index in [2.05, 4.69) is 40.4 Å². The summed E-state index contributed by atoms with van der Waals surface area (Å²) in [6.45, 7) is 13.0. The predicted molar refractivity (Wildman–Crippen MR) is 96.2 cm³/mol. The van der Waals surface area contributed by atoms with Gasteiger partial charge in [0.1, 0.15) is 0 Å². The van der Waals surface area contributed by atoms with Gasteiger partial charge in [-0.25, -0.2) is 8.42 Å². The first-order valence-corrected chi connectivity index (χ1v) is 13.3. The first-order chi connectivity index (χ1) is 9.93. The molecule has 0 aliphatic carbocycles. The van der Waals surface area contributed by atoms with Crippen molar-refractivity contribution in [3.63, 3.8) is 0 Å². The fraction of sp³-hybridized carbons (Fsp3) is 0.647. The van der Waals surface area contributed by atoms with Gasteiger partial charge < -0.3 is 0 Å². The summed E-state index contributed by atoms with van der Waals surface area (Å²) in [6, 6.07) is 10.9. The highest BCUT2D eigenvalue weighted by Crippen LogP contribution is 2.54. The fourth-order valence-electron chi connectivity index (χ4n) is 2.93. The Morgan fingerprint density at radius 2 is 1.64 bits per heavy atom. The zero-order chi connectivity index (χ0) is 16.8. The van der Waals surface area contributed by atoms with Gasteiger partial charge in [-0.1, -0.05) is 70.7 Å². The highest BCUT2D eigenvalue weighted by molar-refractivity contribution is 7.89. The summed E-state index contributed by atoms with van der Waals surface area (Å²) in [4.78, 5) is 0. The van der Waals surface area contributed by atoms with Gasteiger partial charge >= 0.3 is 0 Å². The predicted octanol–water partition coefficient (Wildman–Crippen LogP) is 4.13. The van der Waals surface area contributed by atoms with Crippen LogP contribution in [-0.4, -0.2) is 32.6 Å². The standard InChI is InChI=1S/C17H29NO2SSi/c1-17(2,3)16-15(14-10-8-7-9-11-14)18(16)21(19,20)12-13-22(4,5)6/h7-11,15-16H,12-13H2,1-6H3/t15-,16+,18?/m1/s1. The lowest BCUT2D eigenvalue weighted by Gasteiger charge is -2.19. The minimum Gasteiger partial charge on any atom is -0.212 e. The van der Waals surface area contributed by atoms with E-state index in [4.69, 9.17) is 0 Å². The van der Waals surface area contributed by atoms with Gasteiger partial charge in [-0.15, -0.1) is 0 Å². The van der Waals surface area contributed by atoms with E-state index < -0.39 is 18.1 Å². The zero-order valence-corrected chi connectivity index (χ0v) is 16.4. The number of sulfonamides is 1. The Bertz CT molecular complexity index is 614. The first kappa shape index (κ1) is 17.7. The third-order valence-corrected chi connectivity index (χ3v) is 8.15. The molecule has 0 spiro atoms. The maximum absolute atomic E-state index is 12.8. The molecule has 1 fully saturated rings. The van der Waals surface area contributed by atoms with E-state index in [9.17, 15) is 8.42 Å². The fourth-order valence-corrected chi connectivity index (χ4v) is 7.93. The smallest absolute Gasteiger partial charge is 0.212 e. The van der Waals surface area contributed by atoms with E-state index in [-0.39, 0.29) is 17.5 Å². The maximum Gasteiger partial charge on any atom is 0.214 e. The average Bonchev–Trinajstić information content (AvgIpc) is 3.13. The lowest BCUT2D eigenvalue weighted by atomic mass is 9.88. The molecular weight excluding hydrogens is 310 g/mol. The molecule has 1 saturated heterocycles. The number of hydrogen-bond donors (Lipinski definition) is 0. The molecule has 0 saturated carbocycles. The Balaban J connectivity index is 2.25. The molecule has 0 amide bonds. The van der Waals surface area contributed by atoms with Gasteiger partial charge in [-0.3, -0.25) is 0 Å². The Hall–Kier alpha value is -0.653. The van der Waals surface area contributed by atoms with Crippen molar-refractivity contribution < 1.29 is 8.42 Å². The van der Waals surface area contributed by atoms with Gasteiger partial charge in [-0.2, -0.15) is 4.31 Å². The van der Waals surface area contributed by atoms with E-state index in [0.29, 0.717) is 5.75 Å². The average molecular weight is 340 g/mol. The van der Waals surface area contributed by atoms with E-state index in [0.717, 1.165) is 11.6 Å². The molecular formula is C17H29NO2SSi. The van der Waals surface area contributed by atoms with Crippen LogP contribution in [0.1, 0.15) is 32.4 Å². The van der Waals surface area contributed by atoms with Crippen molar-refractivity contribution >= 4 is 18.1 Å². The second kappa shape index (κ2) is 5.76. The molecule has 1 heterocycles. The molecule has 3 nitrogen and oxygen atoms in total. The van der Waals surface area contributed by atoms with Crippen molar-refractivity contribution in [3.8, 4) is 0 Å². The van der Waals surface area contributed by atoms with Crippen molar-refractivity contribution in [3.05, 3.63) is 35.9 Å². The van der Waals surface area contributed by atoms with Crippen LogP contribution in [0.25, 0.3) is 0 Å². The van der Waals surface area contributed by atoms with Crippen LogP contribution in [0.4, 0.5) is 0 Å². The molecule has 1 aromatic carbocycles. The molecule has 3 atom stereocenters. The second-order valence-corrected chi connectivity index (χ2v) is 16.2. The topological polar surface area (TPSA) is 37.1 Å². The van der Waals surface area contributed by atoms with Crippen molar-refractivity contribution in [1.29, 1.82) is 0 Å². The molecule has 0 N–H and O–H groups in total. The van der Waals surface area contributed by atoms with Crippen LogP contribution in [0.15, 0.2) is 30.3 Å². The van der Waals surface area contributed by atoms with Gasteiger partial charge in [0, 0.05) is 8.07 Å². The maximum atomic E-state index is 12.8. The van der Waals surface area contributed by atoms with Crippen molar-refractivity contribution in [2.45, 2.75) is 58.5 Å². The number of benzene rings is 1. The highest BCUT2D eigenvalue weighted by atomic mass is 32.2. The zero-order valence-electron chi connectivity index (χ0n) is 14.6. The van der Waals surface area contributed by atoms with Crippen LogP contribution < -0.4 is 0 Å². The van der Waals surface area contributed by atoms with Crippen LogP contribution in [0, 0.1) is 5.41 Å². The molecule has 0 aromatic heterocycles. The summed E-state index contributed by atoms with van der Waals surface area (Å²) in [6.07, 6.45) is 0. The second-order valence-electron chi connectivity index (χ2n) is 8.62.